The minimum atomic E-state index is -0.0329. The van der Waals surface area contributed by atoms with Crippen molar-refractivity contribution in [3.05, 3.63) is 30.0 Å². The van der Waals surface area contributed by atoms with Crippen molar-refractivity contribution in [2.45, 2.75) is 18.9 Å². The molecule has 1 saturated heterocycles. The summed E-state index contributed by atoms with van der Waals surface area (Å²) in [5.74, 6) is 2.04. The van der Waals surface area contributed by atoms with Crippen LogP contribution in [0.2, 0.25) is 0 Å². The first-order valence-electron chi connectivity index (χ1n) is 9.79. The van der Waals surface area contributed by atoms with E-state index in [4.69, 9.17) is 30.3 Å². The van der Waals surface area contributed by atoms with E-state index in [0.717, 1.165) is 12.8 Å². The van der Waals surface area contributed by atoms with Crippen LogP contribution in [-0.2, 0) is 9.47 Å². The Morgan fingerprint density at radius 1 is 1.23 bits per heavy atom. The fraction of sp³-hybridized carbons (Fsp3) is 0.450. The van der Waals surface area contributed by atoms with Gasteiger partial charge in [-0.15, -0.1) is 0 Å². The first kappa shape index (κ1) is 21.6. The topological polar surface area (TPSA) is 148 Å². The Kier molecular flexibility index (Phi) is 8.02. The number of aliphatic hydroxyl groups is 1. The lowest BCUT2D eigenvalue weighted by Crippen LogP contribution is -2.28. The van der Waals surface area contributed by atoms with E-state index in [1.54, 1.807) is 18.2 Å². The minimum absolute atomic E-state index is 0.0329. The summed E-state index contributed by atoms with van der Waals surface area (Å²) in [7, 11) is 0. The van der Waals surface area contributed by atoms with Gasteiger partial charge in [-0.1, -0.05) is 0 Å². The molecule has 0 aliphatic carbocycles. The van der Waals surface area contributed by atoms with Crippen LogP contribution in [0.25, 0.3) is 0 Å². The van der Waals surface area contributed by atoms with Gasteiger partial charge in [0, 0.05) is 31.5 Å². The van der Waals surface area contributed by atoms with Gasteiger partial charge in [-0.05, 0) is 25.0 Å². The van der Waals surface area contributed by atoms with Gasteiger partial charge in [0.15, 0.2) is 17.4 Å². The number of aromatic nitrogens is 2. The standard InChI is InChI=1S/C20H26N6O4/c21-12-14-1-2-18(23-13-14)25-19-16(22)11-17(30-10-9-29-8-5-27)20(26-19)24-15-3-6-28-7-4-15/h1-2,11,13,15,27H,3-10,22H2,(H2,23,24,25,26). The Bertz CT molecular complexity index is 850. The summed E-state index contributed by atoms with van der Waals surface area (Å²) in [6, 6.07) is 7.30. The van der Waals surface area contributed by atoms with Crippen molar-refractivity contribution < 1.29 is 19.3 Å². The van der Waals surface area contributed by atoms with E-state index in [1.807, 2.05) is 6.07 Å². The van der Waals surface area contributed by atoms with Crippen LogP contribution in [0, 0.1) is 11.3 Å². The van der Waals surface area contributed by atoms with Crippen LogP contribution < -0.4 is 21.1 Å². The molecule has 160 valence electrons. The molecule has 1 aliphatic rings. The molecule has 0 bridgehead atoms. The van der Waals surface area contributed by atoms with Crippen LogP contribution in [-0.4, -0.2) is 60.8 Å². The third-order valence-electron chi connectivity index (χ3n) is 4.44. The smallest absolute Gasteiger partial charge is 0.171 e. The number of nitrogen functional groups attached to an aromatic ring is 1. The lowest BCUT2D eigenvalue weighted by atomic mass is 10.1. The van der Waals surface area contributed by atoms with Crippen LogP contribution in [0.5, 0.6) is 5.75 Å². The molecule has 0 atom stereocenters. The number of hydrogen-bond acceptors (Lipinski definition) is 10. The van der Waals surface area contributed by atoms with Gasteiger partial charge in [0.2, 0.25) is 0 Å². The number of nitriles is 1. The Morgan fingerprint density at radius 3 is 2.77 bits per heavy atom. The first-order chi connectivity index (χ1) is 14.7. The molecule has 0 spiro atoms. The molecule has 2 aromatic heterocycles. The average Bonchev–Trinajstić information content (AvgIpc) is 2.77. The van der Waals surface area contributed by atoms with Gasteiger partial charge in [-0.25, -0.2) is 9.97 Å². The number of ether oxygens (including phenoxy) is 3. The number of nitrogens with zero attached hydrogens (tertiary/aromatic N) is 3. The lowest BCUT2D eigenvalue weighted by molar-refractivity contribution is 0.0705. The highest BCUT2D eigenvalue weighted by atomic mass is 16.5. The van der Waals surface area contributed by atoms with Gasteiger partial charge < -0.3 is 35.7 Å². The number of nitrogens with two attached hydrogens (primary N) is 1. The summed E-state index contributed by atoms with van der Waals surface area (Å²) in [4.78, 5) is 8.82. The van der Waals surface area contributed by atoms with Gasteiger partial charge in [0.25, 0.3) is 0 Å². The second-order valence-electron chi connectivity index (χ2n) is 6.66. The summed E-state index contributed by atoms with van der Waals surface area (Å²) in [6.07, 6.45) is 3.21. The summed E-state index contributed by atoms with van der Waals surface area (Å²) >= 11 is 0. The average molecular weight is 414 g/mol. The van der Waals surface area contributed by atoms with Gasteiger partial charge in [0.1, 0.15) is 18.5 Å². The van der Waals surface area contributed by atoms with Crippen molar-refractivity contribution in [1.29, 1.82) is 5.26 Å². The quantitative estimate of drug-likeness (QED) is 0.423. The summed E-state index contributed by atoms with van der Waals surface area (Å²) in [5, 5.41) is 24.2. The third-order valence-corrected chi connectivity index (χ3v) is 4.44. The first-order valence-corrected chi connectivity index (χ1v) is 9.79. The second kappa shape index (κ2) is 11.2. The van der Waals surface area contributed by atoms with Crippen LogP contribution in [0.15, 0.2) is 24.4 Å². The molecule has 30 heavy (non-hydrogen) atoms. The second-order valence-corrected chi connectivity index (χ2v) is 6.66. The zero-order chi connectivity index (χ0) is 21.2. The van der Waals surface area contributed by atoms with Crippen LogP contribution in [0.3, 0.4) is 0 Å². The van der Waals surface area contributed by atoms with Crippen molar-refractivity contribution in [1.82, 2.24) is 9.97 Å². The molecular formula is C20H26N6O4. The van der Waals surface area contributed by atoms with Crippen molar-refractivity contribution in [3.8, 4) is 11.8 Å². The highest BCUT2D eigenvalue weighted by Crippen LogP contribution is 2.32. The maximum Gasteiger partial charge on any atom is 0.171 e. The number of anilines is 4. The molecule has 3 rings (SSSR count). The Morgan fingerprint density at radius 2 is 2.07 bits per heavy atom. The molecule has 10 nitrogen and oxygen atoms in total. The summed E-state index contributed by atoms with van der Waals surface area (Å²) in [6.45, 7) is 2.25. The maximum absolute atomic E-state index is 8.91. The monoisotopic (exact) mass is 414 g/mol. The van der Waals surface area contributed by atoms with Gasteiger partial charge in [-0.2, -0.15) is 5.26 Å². The third kappa shape index (κ3) is 6.18. The molecule has 0 amide bonds. The van der Waals surface area contributed by atoms with Crippen molar-refractivity contribution in [2.75, 3.05) is 56.0 Å². The van der Waals surface area contributed by atoms with E-state index < -0.39 is 0 Å². The number of rotatable bonds is 10. The molecule has 1 fully saturated rings. The van der Waals surface area contributed by atoms with E-state index >= 15 is 0 Å². The Labute approximate surface area is 175 Å². The van der Waals surface area contributed by atoms with Crippen LogP contribution >= 0.6 is 0 Å². The van der Waals surface area contributed by atoms with Crippen molar-refractivity contribution in [3.63, 3.8) is 0 Å². The predicted octanol–water partition coefficient (Wildman–Crippen LogP) is 1.65. The van der Waals surface area contributed by atoms with E-state index in [2.05, 4.69) is 20.6 Å². The fourth-order valence-corrected chi connectivity index (χ4v) is 2.89. The lowest BCUT2D eigenvalue weighted by Gasteiger charge is -2.25. The van der Waals surface area contributed by atoms with E-state index in [0.29, 0.717) is 60.9 Å². The highest BCUT2D eigenvalue weighted by Gasteiger charge is 2.18. The maximum atomic E-state index is 8.91. The normalized spacial score (nSPS) is 14.1. The van der Waals surface area contributed by atoms with Crippen LogP contribution in [0.1, 0.15) is 18.4 Å². The van der Waals surface area contributed by atoms with Crippen molar-refractivity contribution >= 4 is 23.1 Å². The zero-order valence-electron chi connectivity index (χ0n) is 16.6. The van der Waals surface area contributed by atoms with Gasteiger partial charge in [0.05, 0.1) is 31.1 Å². The van der Waals surface area contributed by atoms with Gasteiger partial charge in [-0.3, -0.25) is 0 Å². The molecular weight excluding hydrogens is 388 g/mol. The zero-order valence-corrected chi connectivity index (χ0v) is 16.6. The molecule has 0 aromatic carbocycles. The van der Waals surface area contributed by atoms with E-state index in [1.165, 1.54) is 6.20 Å². The molecule has 0 saturated carbocycles. The number of pyridine rings is 2. The number of aliphatic hydroxyl groups excluding tert-OH is 1. The molecule has 0 unspecified atom stereocenters. The highest BCUT2D eigenvalue weighted by molar-refractivity contribution is 5.73. The molecule has 10 heteroatoms. The SMILES string of the molecule is N#Cc1ccc(Nc2nc(NC3CCOCC3)c(OCCOCCO)cc2N)nc1. The van der Waals surface area contributed by atoms with Crippen molar-refractivity contribution in [2.24, 2.45) is 0 Å². The molecule has 1 aliphatic heterocycles. The molecule has 0 radical (unpaired) electrons. The molecule has 2 aromatic rings. The Balaban J connectivity index is 1.76. The predicted molar refractivity (Wildman–Crippen MR) is 112 cm³/mol. The van der Waals surface area contributed by atoms with E-state index in [9.17, 15) is 0 Å². The van der Waals surface area contributed by atoms with E-state index in [-0.39, 0.29) is 19.3 Å². The Hall–Kier alpha value is -3.13. The number of hydrogen-bond donors (Lipinski definition) is 4. The summed E-state index contributed by atoms with van der Waals surface area (Å²) in [5.41, 5.74) is 7.04. The number of nitrogens with one attached hydrogen (secondary N) is 2. The van der Waals surface area contributed by atoms with Crippen LogP contribution in [0.4, 0.5) is 23.1 Å². The van der Waals surface area contributed by atoms with Gasteiger partial charge >= 0.3 is 0 Å². The molecule has 5 N–H and O–H groups in total. The largest absolute Gasteiger partial charge is 0.487 e. The minimum Gasteiger partial charge on any atom is -0.487 e. The molecule has 3 heterocycles. The summed E-state index contributed by atoms with van der Waals surface area (Å²) < 4.78 is 16.5. The fourth-order valence-electron chi connectivity index (χ4n) is 2.89.